The van der Waals surface area contributed by atoms with Gasteiger partial charge in [-0.05, 0) is 43.5 Å². The minimum atomic E-state index is -3.50. The quantitative estimate of drug-likeness (QED) is 0.0600. The van der Waals surface area contributed by atoms with E-state index in [2.05, 4.69) is 33.9 Å². The predicted molar refractivity (Wildman–Crippen MR) is 162 cm³/mol. The fraction of sp³-hybridized carbons (Fsp3) is 0.828. The van der Waals surface area contributed by atoms with E-state index in [0.717, 1.165) is 0 Å². The Bertz CT molecular complexity index is 940. The average Bonchev–Trinajstić information content (AvgIpc) is 3.30. The van der Waals surface area contributed by atoms with E-state index < -0.39 is 58.5 Å². The van der Waals surface area contributed by atoms with Crippen LogP contribution in [0.3, 0.4) is 0 Å². The molecular weight excluding hydrogens is 583 g/mol. The number of ketones is 1. The van der Waals surface area contributed by atoms with E-state index in [1.165, 1.54) is 20.3 Å². The summed E-state index contributed by atoms with van der Waals surface area (Å²) in [6.07, 6.45) is 1.72. The molecule has 1 fully saturated rings. The zero-order valence-electron chi connectivity index (χ0n) is 27.2. The van der Waals surface area contributed by atoms with Gasteiger partial charge in [-0.3, -0.25) is 18.9 Å². The van der Waals surface area contributed by atoms with E-state index in [-0.39, 0.29) is 29.3 Å². The zero-order chi connectivity index (χ0) is 32.3. The van der Waals surface area contributed by atoms with E-state index in [1.54, 1.807) is 34.1 Å². The van der Waals surface area contributed by atoms with Crippen molar-refractivity contribution >= 4 is 34.0 Å². The maximum atomic E-state index is 13.1. The molecule has 0 aromatic rings. The van der Waals surface area contributed by atoms with E-state index >= 15 is 0 Å². The number of carbonyl (C=O) groups is 3. The van der Waals surface area contributed by atoms with Crippen LogP contribution in [0.1, 0.15) is 60.3 Å². The Morgan fingerprint density at radius 1 is 1.10 bits per heavy atom. The Morgan fingerprint density at radius 2 is 1.71 bits per heavy atom. The molecule has 1 aliphatic rings. The first-order chi connectivity index (χ1) is 19.5. The Balaban J connectivity index is 3.28. The summed E-state index contributed by atoms with van der Waals surface area (Å²) in [5.74, 6) is -1.36. The van der Waals surface area contributed by atoms with Crippen molar-refractivity contribution in [3.05, 3.63) is 12.2 Å². The Kier molecular flexibility index (Phi) is 16.0. The second kappa shape index (κ2) is 17.3. The largest absolute Gasteiger partial charge is 0.462 e. The Labute approximate surface area is 253 Å². The molecule has 244 valence electrons. The molecule has 0 aromatic carbocycles. The summed E-state index contributed by atoms with van der Waals surface area (Å²) in [6.45, 7) is 14.1. The molecule has 1 saturated heterocycles. The van der Waals surface area contributed by atoms with Crippen LogP contribution in [0.4, 0.5) is 0 Å². The van der Waals surface area contributed by atoms with E-state index in [1.807, 2.05) is 0 Å². The minimum Gasteiger partial charge on any atom is -0.462 e. The topological polar surface area (TPSA) is 133 Å². The number of methoxy groups -OCH3 is 2. The predicted octanol–water partition coefficient (Wildman–Crippen LogP) is 5.32. The van der Waals surface area contributed by atoms with Gasteiger partial charge in [-0.15, -0.1) is 0 Å². The lowest BCUT2D eigenvalue weighted by Crippen LogP contribution is -2.52. The minimum absolute atomic E-state index is 0.0731. The fourth-order valence-electron chi connectivity index (χ4n) is 4.68. The molecule has 1 rings (SSSR count). The maximum absolute atomic E-state index is 13.1. The van der Waals surface area contributed by atoms with Crippen molar-refractivity contribution in [2.75, 3.05) is 34.6 Å². The smallest absolute Gasteiger partial charge is 0.337 e. The van der Waals surface area contributed by atoms with Crippen molar-refractivity contribution in [3.8, 4) is 0 Å². The summed E-state index contributed by atoms with van der Waals surface area (Å²) in [6, 6.07) is 0. The van der Waals surface area contributed by atoms with Crippen LogP contribution in [-0.4, -0.2) is 91.7 Å². The van der Waals surface area contributed by atoms with Crippen molar-refractivity contribution in [2.24, 2.45) is 11.8 Å². The first-order valence-corrected chi connectivity index (χ1v) is 19.0. The zero-order valence-corrected chi connectivity index (χ0v) is 29.1. The molecule has 13 heteroatoms. The lowest BCUT2D eigenvalue weighted by Gasteiger charge is -2.42. The molecule has 0 aliphatic carbocycles. The summed E-state index contributed by atoms with van der Waals surface area (Å²) in [7, 11) is -0.294. The van der Waals surface area contributed by atoms with Gasteiger partial charge in [-0.25, -0.2) is 0 Å². The SMILES string of the molecule is COC1C[C@@H](C[C@@H](C)C(=O)CP(=O)(OC)OC)[C@@H]([C@@H](OC)[C@@H](CC(=O)O[C@H](C)C/C=C/C=O)O[Si](C)(C)C(C)(C)C)O1. The number of rotatable bonds is 19. The third-order valence-corrected chi connectivity index (χ3v) is 14.6. The molecule has 1 aliphatic heterocycles. The van der Waals surface area contributed by atoms with E-state index in [9.17, 15) is 18.9 Å². The molecule has 0 amide bonds. The fourth-order valence-corrected chi connectivity index (χ4v) is 7.10. The number of aldehydes is 1. The molecule has 0 saturated carbocycles. The highest BCUT2D eigenvalue weighted by Crippen LogP contribution is 2.47. The lowest BCUT2D eigenvalue weighted by atomic mass is 9.85. The monoisotopic (exact) mass is 636 g/mol. The molecule has 0 N–H and O–H groups in total. The molecule has 7 atom stereocenters. The summed E-state index contributed by atoms with van der Waals surface area (Å²) >= 11 is 0. The third-order valence-electron chi connectivity index (χ3n) is 8.24. The van der Waals surface area contributed by atoms with Crippen molar-refractivity contribution < 1.29 is 51.4 Å². The normalized spacial score (nSPS) is 23.0. The van der Waals surface area contributed by atoms with Crippen LogP contribution in [0.25, 0.3) is 0 Å². The number of hydrogen-bond donors (Lipinski definition) is 0. The van der Waals surface area contributed by atoms with Crippen LogP contribution in [0.5, 0.6) is 0 Å². The molecule has 0 spiro atoms. The van der Waals surface area contributed by atoms with Gasteiger partial charge in [0, 0.05) is 47.2 Å². The van der Waals surface area contributed by atoms with Gasteiger partial charge in [-0.1, -0.05) is 33.8 Å². The summed E-state index contributed by atoms with van der Waals surface area (Å²) < 4.78 is 52.7. The summed E-state index contributed by atoms with van der Waals surface area (Å²) in [4.78, 5) is 36.7. The second-order valence-electron chi connectivity index (χ2n) is 12.4. The number of esters is 1. The molecule has 1 unspecified atom stereocenters. The van der Waals surface area contributed by atoms with Crippen LogP contribution >= 0.6 is 7.60 Å². The van der Waals surface area contributed by atoms with Crippen LogP contribution in [-0.2, 0) is 51.4 Å². The molecule has 11 nitrogen and oxygen atoms in total. The van der Waals surface area contributed by atoms with Crippen molar-refractivity contribution in [2.45, 2.75) is 109 Å². The Morgan fingerprint density at radius 3 is 2.21 bits per heavy atom. The van der Waals surface area contributed by atoms with Crippen molar-refractivity contribution in [1.82, 2.24) is 0 Å². The van der Waals surface area contributed by atoms with Gasteiger partial charge in [0.15, 0.2) is 14.6 Å². The highest BCUT2D eigenvalue weighted by Gasteiger charge is 2.48. The van der Waals surface area contributed by atoms with Crippen LogP contribution in [0, 0.1) is 11.8 Å². The number of hydrogen-bond acceptors (Lipinski definition) is 11. The number of ether oxygens (including phenoxy) is 4. The van der Waals surface area contributed by atoms with Gasteiger partial charge in [0.2, 0.25) is 0 Å². The Hall–Kier alpha value is -1.24. The summed E-state index contributed by atoms with van der Waals surface area (Å²) in [5.41, 5.74) is 0. The first kappa shape index (κ1) is 38.8. The molecule has 0 aromatic heterocycles. The van der Waals surface area contributed by atoms with Gasteiger partial charge in [-0.2, -0.15) is 0 Å². The van der Waals surface area contributed by atoms with Crippen molar-refractivity contribution in [1.29, 1.82) is 0 Å². The second-order valence-corrected chi connectivity index (χ2v) is 19.4. The highest BCUT2D eigenvalue weighted by atomic mass is 31.2. The standard InChI is InChI=1S/C29H53O11PSi/c1-20(23(31)19-41(33,36-8)37-9)16-22-17-26(34-6)39-27(22)28(35-7)24(40-42(10,11)29(3,4)5)18-25(32)38-21(2)14-12-13-15-30/h12-13,15,20-22,24,26-28H,14,16-19H2,1-11H3/b13-12+/t20-,21-,22-,24-,26?,27+,28+/m1/s1. The molecule has 0 bridgehead atoms. The number of Topliss-reactive ketones (excluding diaryl/α,β-unsaturated/α-hetero) is 1. The lowest BCUT2D eigenvalue weighted by molar-refractivity contribution is -0.171. The van der Waals surface area contributed by atoms with E-state index in [4.69, 9.17) is 32.4 Å². The molecule has 0 radical (unpaired) electrons. The number of allylic oxidation sites excluding steroid dienone is 1. The summed E-state index contributed by atoms with van der Waals surface area (Å²) in [5, 5.41) is -0.150. The molecule has 42 heavy (non-hydrogen) atoms. The number of carbonyl (C=O) groups excluding carboxylic acids is 3. The van der Waals surface area contributed by atoms with Gasteiger partial charge in [0.25, 0.3) is 0 Å². The molecule has 1 heterocycles. The van der Waals surface area contributed by atoms with Crippen molar-refractivity contribution in [3.63, 3.8) is 0 Å². The van der Waals surface area contributed by atoms with Crippen LogP contribution in [0.2, 0.25) is 18.1 Å². The maximum Gasteiger partial charge on any atom is 0.337 e. The van der Waals surface area contributed by atoms with Crippen LogP contribution in [0.15, 0.2) is 12.2 Å². The first-order valence-electron chi connectivity index (χ1n) is 14.4. The van der Waals surface area contributed by atoms with Crippen LogP contribution < -0.4 is 0 Å². The van der Waals surface area contributed by atoms with Gasteiger partial charge >= 0.3 is 13.6 Å². The van der Waals surface area contributed by atoms with Gasteiger partial charge in [0.1, 0.15) is 30.4 Å². The van der Waals surface area contributed by atoms with E-state index in [0.29, 0.717) is 25.5 Å². The van der Waals surface area contributed by atoms with Gasteiger partial charge in [0.05, 0.1) is 18.6 Å². The average molecular weight is 637 g/mol. The van der Waals surface area contributed by atoms with Gasteiger partial charge < -0.3 is 32.4 Å². The third kappa shape index (κ3) is 11.7. The molecular formula is C29H53O11PSi. The highest BCUT2D eigenvalue weighted by molar-refractivity contribution is 7.54.